The summed E-state index contributed by atoms with van der Waals surface area (Å²) in [5.74, 6) is 0. The van der Waals surface area contributed by atoms with Gasteiger partial charge < -0.3 is 0 Å². The van der Waals surface area contributed by atoms with E-state index in [0.717, 1.165) is 0 Å². The van der Waals surface area contributed by atoms with Crippen molar-refractivity contribution >= 4 is 21.6 Å². The van der Waals surface area contributed by atoms with Crippen LogP contribution in [0.25, 0.3) is 0 Å². The molecular weight excluding hydrogens is 172 g/mol. The summed E-state index contributed by atoms with van der Waals surface area (Å²) in [6.07, 6.45) is 2.16. The van der Waals surface area contributed by atoms with Crippen molar-refractivity contribution in [2.24, 2.45) is 0 Å². The van der Waals surface area contributed by atoms with Crippen LogP contribution >= 0.6 is 21.6 Å². The molecule has 11 heavy (non-hydrogen) atoms. The van der Waals surface area contributed by atoms with E-state index in [2.05, 4.69) is 35.7 Å². The molecule has 0 aliphatic carbocycles. The summed E-state index contributed by atoms with van der Waals surface area (Å²) in [6.45, 7) is 0. The van der Waals surface area contributed by atoms with E-state index in [-0.39, 0.29) is 0 Å². The SMILES string of the molecule is C1=C[C](c2ccccc2)SS1. The molecule has 0 saturated heterocycles. The lowest BCUT2D eigenvalue weighted by Crippen LogP contribution is -1.84. The molecule has 0 aromatic heterocycles. The highest BCUT2D eigenvalue weighted by atomic mass is 33.1. The number of rotatable bonds is 1. The molecule has 0 atom stereocenters. The van der Waals surface area contributed by atoms with Crippen LogP contribution in [-0.2, 0) is 0 Å². The molecule has 0 nitrogen and oxygen atoms in total. The van der Waals surface area contributed by atoms with Gasteiger partial charge in [0, 0.05) is 0 Å². The first kappa shape index (κ1) is 7.32. The molecule has 1 aliphatic rings. The largest absolute Gasteiger partial charge is 0.0934 e. The third kappa shape index (κ3) is 1.63. The van der Waals surface area contributed by atoms with E-state index in [0.29, 0.717) is 0 Å². The minimum atomic E-state index is 1.32. The van der Waals surface area contributed by atoms with Gasteiger partial charge in [0.05, 0.1) is 5.25 Å². The summed E-state index contributed by atoms with van der Waals surface area (Å²) < 4.78 is 0. The molecule has 0 bridgehead atoms. The van der Waals surface area contributed by atoms with Gasteiger partial charge in [-0.25, -0.2) is 0 Å². The average Bonchev–Trinajstić information content (AvgIpc) is 2.58. The number of hydrogen-bond donors (Lipinski definition) is 0. The monoisotopic (exact) mass is 179 g/mol. The van der Waals surface area contributed by atoms with Gasteiger partial charge in [-0.2, -0.15) is 0 Å². The molecule has 0 spiro atoms. The number of benzene rings is 1. The van der Waals surface area contributed by atoms with E-state index in [1.165, 1.54) is 10.8 Å². The second kappa shape index (κ2) is 3.37. The van der Waals surface area contributed by atoms with E-state index in [9.17, 15) is 0 Å². The van der Waals surface area contributed by atoms with Crippen LogP contribution in [0.1, 0.15) is 5.56 Å². The van der Waals surface area contributed by atoms with Crippen LogP contribution in [0.3, 0.4) is 0 Å². The summed E-state index contributed by atoms with van der Waals surface area (Å²) in [7, 11) is 3.59. The predicted octanol–water partition coefficient (Wildman–Crippen LogP) is 3.48. The fourth-order valence-corrected chi connectivity index (χ4v) is 2.84. The molecule has 0 saturated carbocycles. The van der Waals surface area contributed by atoms with Crippen LogP contribution in [0.4, 0.5) is 0 Å². The van der Waals surface area contributed by atoms with Crippen molar-refractivity contribution in [3.63, 3.8) is 0 Å². The fraction of sp³-hybridized carbons (Fsp3) is 0. The molecule has 0 amide bonds. The quantitative estimate of drug-likeness (QED) is 0.605. The smallest absolute Gasteiger partial charge is 0.0714 e. The van der Waals surface area contributed by atoms with Gasteiger partial charge in [-0.05, 0) is 11.0 Å². The Balaban J connectivity index is 2.23. The zero-order valence-corrected chi connectivity index (χ0v) is 7.49. The van der Waals surface area contributed by atoms with Crippen LogP contribution in [0.2, 0.25) is 0 Å². The zero-order chi connectivity index (χ0) is 7.52. The lowest BCUT2D eigenvalue weighted by molar-refractivity contribution is 1.49. The maximum Gasteiger partial charge on any atom is 0.0934 e. The molecule has 1 radical (unpaired) electrons. The summed E-state index contributed by atoms with van der Waals surface area (Å²) in [4.78, 5) is 0. The van der Waals surface area contributed by atoms with Crippen molar-refractivity contribution in [3.8, 4) is 0 Å². The van der Waals surface area contributed by atoms with Crippen LogP contribution in [0.5, 0.6) is 0 Å². The van der Waals surface area contributed by atoms with E-state index >= 15 is 0 Å². The van der Waals surface area contributed by atoms with E-state index in [1.54, 1.807) is 10.8 Å². The Morgan fingerprint density at radius 1 is 1.00 bits per heavy atom. The molecule has 1 heterocycles. The van der Waals surface area contributed by atoms with E-state index in [4.69, 9.17) is 0 Å². The Bertz CT molecular complexity index is 254. The van der Waals surface area contributed by atoms with Crippen LogP contribution in [0, 0.1) is 5.25 Å². The minimum Gasteiger partial charge on any atom is -0.0714 e. The van der Waals surface area contributed by atoms with Crippen molar-refractivity contribution < 1.29 is 0 Å². The van der Waals surface area contributed by atoms with Gasteiger partial charge in [-0.3, -0.25) is 0 Å². The highest BCUT2D eigenvalue weighted by Crippen LogP contribution is 2.44. The van der Waals surface area contributed by atoms with Crippen molar-refractivity contribution in [2.45, 2.75) is 0 Å². The predicted molar refractivity (Wildman–Crippen MR) is 53.1 cm³/mol. The summed E-state index contributed by atoms with van der Waals surface area (Å²) >= 11 is 0. The van der Waals surface area contributed by atoms with Crippen LogP contribution in [0.15, 0.2) is 41.8 Å². The molecule has 2 rings (SSSR count). The first-order valence-electron chi connectivity index (χ1n) is 3.39. The van der Waals surface area contributed by atoms with E-state index in [1.807, 2.05) is 16.9 Å². The van der Waals surface area contributed by atoms with Gasteiger partial charge in [0.1, 0.15) is 0 Å². The van der Waals surface area contributed by atoms with Gasteiger partial charge in [0.25, 0.3) is 0 Å². The lowest BCUT2D eigenvalue weighted by atomic mass is 10.1. The van der Waals surface area contributed by atoms with Gasteiger partial charge in [0.2, 0.25) is 0 Å². The molecule has 1 aromatic rings. The van der Waals surface area contributed by atoms with Crippen molar-refractivity contribution in [1.29, 1.82) is 0 Å². The first-order chi connectivity index (χ1) is 5.47. The Kier molecular flexibility index (Phi) is 2.24. The third-order valence-electron chi connectivity index (χ3n) is 1.47. The average molecular weight is 179 g/mol. The van der Waals surface area contributed by atoms with E-state index < -0.39 is 0 Å². The summed E-state index contributed by atoms with van der Waals surface area (Å²) in [5, 5.41) is 3.48. The summed E-state index contributed by atoms with van der Waals surface area (Å²) in [6, 6.07) is 10.5. The molecular formula is C9H7S2. The Morgan fingerprint density at radius 3 is 2.45 bits per heavy atom. The van der Waals surface area contributed by atoms with Gasteiger partial charge >= 0.3 is 0 Å². The van der Waals surface area contributed by atoms with Gasteiger partial charge in [-0.15, -0.1) is 0 Å². The van der Waals surface area contributed by atoms with Gasteiger partial charge in [-0.1, -0.05) is 58.0 Å². The topological polar surface area (TPSA) is 0 Å². The molecule has 0 unspecified atom stereocenters. The lowest BCUT2D eigenvalue weighted by Gasteiger charge is -2.03. The molecule has 2 heteroatoms. The molecule has 55 valence electrons. The summed E-state index contributed by atoms with van der Waals surface area (Å²) in [5.41, 5.74) is 1.32. The minimum absolute atomic E-state index is 1.32. The standard InChI is InChI=1S/C9H7S2/c1-2-4-8(5-3-1)9-6-7-10-11-9/h1-7H. The highest BCUT2D eigenvalue weighted by Gasteiger charge is 2.12. The number of hydrogen-bond acceptors (Lipinski definition) is 2. The molecule has 0 fully saturated rings. The van der Waals surface area contributed by atoms with Gasteiger partial charge in [0.15, 0.2) is 0 Å². The van der Waals surface area contributed by atoms with Crippen molar-refractivity contribution in [3.05, 3.63) is 52.6 Å². The maximum atomic E-state index is 2.16. The third-order valence-corrected chi connectivity index (χ3v) is 3.53. The molecule has 1 aromatic carbocycles. The van der Waals surface area contributed by atoms with Crippen LogP contribution in [-0.4, -0.2) is 0 Å². The normalized spacial score (nSPS) is 17.5. The second-order valence-electron chi connectivity index (χ2n) is 2.21. The second-order valence-corrected chi connectivity index (χ2v) is 4.36. The van der Waals surface area contributed by atoms with Crippen molar-refractivity contribution in [1.82, 2.24) is 0 Å². The van der Waals surface area contributed by atoms with Crippen LogP contribution < -0.4 is 0 Å². The first-order valence-corrected chi connectivity index (χ1v) is 5.60. The fourth-order valence-electron chi connectivity index (χ4n) is 0.944. The maximum absolute atomic E-state index is 2.16. The zero-order valence-electron chi connectivity index (χ0n) is 5.86. The Morgan fingerprint density at radius 2 is 1.82 bits per heavy atom. The van der Waals surface area contributed by atoms with Crippen molar-refractivity contribution in [2.75, 3.05) is 0 Å². The molecule has 1 aliphatic heterocycles. The highest BCUT2D eigenvalue weighted by molar-refractivity contribution is 8.79. The Labute approximate surface area is 74.5 Å². The Hall–Kier alpha value is -0.340. The molecule has 0 N–H and O–H groups in total.